The molecule has 1 aromatic carbocycles. The van der Waals surface area contributed by atoms with Crippen LogP contribution < -0.4 is 10.2 Å². The minimum Gasteiger partial charge on any atom is -0.481 e. The van der Waals surface area contributed by atoms with Gasteiger partial charge in [0.1, 0.15) is 0 Å². The summed E-state index contributed by atoms with van der Waals surface area (Å²) in [4.78, 5) is 36.1. The lowest BCUT2D eigenvalue weighted by molar-refractivity contribution is -0.141. The van der Waals surface area contributed by atoms with E-state index in [1.165, 1.54) is 4.90 Å². The Morgan fingerprint density at radius 3 is 2.48 bits per heavy atom. The summed E-state index contributed by atoms with van der Waals surface area (Å²) in [6, 6.07) is 7.79. The molecule has 1 aliphatic heterocycles. The summed E-state index contributed by atoms with van der Waals surface area (Å²) in [5.74, 6) is -1.64. The van der Waals surface area contributed by atoms with Crippen molar-refractivity contribution in [1.82, 2.24) is 5.32 Å². The molecule has 2 fully saturated rings. The van der Waals surface area contributed by atoms with Gasteiger partial charge in [-0.2, -0.15) is 0 Å². The highest BCUT2D eigenvalue weighted by molar-refractivity contribution is 5.99. The van der Waals surface area contributed by atoms with Gasteiger partial charge in [-0.05, 0) is 37.0 Å². The van der Waals surface area contributed by atoms with E-state index < -0.39 is 11.9 Å². The molecule has 122 valence electrons. The maximum Gasteiger partial charge on any atom is 0.308 e. The number of carbonyl (C=O) groups is 3. The Bertz CT molecular complexity index is 622. The standard InChI is InChI=1S/C17H20N2O4/c20-15(18-13-4-5-13)8-3-11-1-6-14(7-2-11)19-10-12(17(22)23)9-16(19)21/h1-2,6-7,12-13H,3-5,8-10H2,(H,18,20)(H,22,23). The third-order valence-corrected chi connectivity index (χ3v) is 4.31. The van der Waals surface area contributed by atoms with E-state index in [4.69, 9.17) is 5.11 Å². The Morgan fingerprint density at radius 2 is 1.91 bits per heavy atom. The molecule has 1 atom stereocenters. The van der Waals surface area contributed by atoms with Gasteiger partial charge in [0.2, 0.25) is 11.8 Å². The number of benzene rings is 1. The molecule has 0 radical (unpaired) electrons. The van der Waals surface area contributed by atoms with Crippen molar-refractivity contribution < 1.29 is 19.5 Å². The van der Waals surface area contributed by atoms with E-state index in [2.05, 4.69) is 5.32 Å². The average Bonchev–Trinajstić information content (AvgIpc) is 3.25. The normalized spacial score (nSPS) is 20.6. The second-order valence-electron chi connectivity index (χ2n) is 6.25. The van der Waals surface area contributed by atoms with Gasteiger partial charge in [-0.1, -0.05) is 12.1 Å². The lowest BCUT2D eigenvalue weighted by Crippen LogP contribution is -2.26. The number of nitrogens with zero attached hydrogens (tertiary/aromatic N) is 1. The number of carbonyl (C=O) groups excluding carboxylic acids is 2. The Balaban J connectivity index is 1.55. The van der Waals surface area contributed by atoms with E-state index in [0.717, 1.165) is 18.4 Å². The molecule has 2 amide bonds. The SMILES string of the molecule is O=C(CCc1ccc(N2CC(C(=O)O)CC2=O)cc1)NC1CC1. The van der Waals surface area contributed by atoms with Crippen molar-refractivity contribution in [3.8, 4) is 0 Å². The van der Waals surface area contributed by atoms with Gasteiger partial charge in [0.15, 0.2) is 0 Å². The molecule has 1 saturated carbocycles. The van der Waals surface area contributed by atoms with Crippen LogP contribution in [0, 0.1) is 5.92 Å². The first kappa shape index (κ1) is 15.5. The molecule has 1 heterocycles. The number of carboxylic acid groups (broad SMARTS) is 1. The van der Waals surface area contributed by atoms with E-state index >= 15 is 0 Å². The zero-order valence-corrected chi connectivity index (χ0v) is 12.8. The first-order valence-electron chi connectivity index (χ1n) is 7.94. The number of aryl methyl sites for hydroxylation is 1. The fraction of sp³-hybridized carbons (Fsp3) is 0.471. The molecule has 2 N–H and O–H groups in total. The Kier molecular flexibility index (Phi) is 4.32. The van der Waals surface area contributed by atoms with Crippen LogP contribution in [0.5, 0.6) is 0 Å². The van der Waals surface area contributed by atoms with Crippen LogP contribution in [0.25, 0.3) is 0 Å². The summed E-state index contributed by atoms with van der Waals surface area (Å²) in [7, 11) is 0. The zero-order chi connectivity index (χ0) is 16.4. The summed E-state index contributed by atoms with van der Waals surface area (Å²) < 4.78 is 0. The maximum atomic E-state index is 11.9. The molecule has 1 unspecified atom stereocenters. The quantitative estimate of drug-likeness (QED) is 0.829. The fourth-order valence-electron chi connectivity index (χ4n) is 2.75. The van der Waals surface area contributed by atoms with Crippen molar-refractivity contribution >= 4 is 23.5 Å². The van der Waals surface area contributed by atoms with Gasteiger partial charge < -0.3 is 15.3 Å². The highest BCUT2D eigenvalue weighted by atomic mass is 16.4. The highest BCUT2D eigenvalue weighted by Gasteiger charge is 2.34. The molecule has 0 aromatic heterocycles. The molecule has 2 aliphatic rings. The van der Waals surface area contributed by atoms with Crippen molar-refractivity contribution in [2.45, 2.75) is 38.1 Å². The van der Waals surface area contributed by atoms with Crippen LogP contribution >= 0.6 is 0 Å². The predicted molar refractivity (Wildman–Crippen MR) is 84.0 cm³/mol. The number of carboxylic acids is 1. The van der Waals surface area contributed by atoms with Crippen molar-refractivity contribution in [3.63, 3.8) is 0 Å². The molecular formula is C17H20N2O4. The first-order chi connectivity index (χ1) is 11.0. The molecule has 3 rings (SSSR count). The lowest BCUT2D eigenvalue weighted by Gasteiger charge is -2.16. The van der Waals surface area contributed by atoms with Crippen LogP contribution in [0.4, 0.5) is 5.69 Å². The highest BCUT2D eigenvalue weighted by Crippen LogP contribution is 2.25. The lowest BCUT2D eigenvalue weighted by atomic mass is 10.1. The number of nitrogens with one attached hydrogen (secondary N) is 1. The van der Waals surface area contributed by atoms with Gasteiger partial charge in [0.25, 0.3) is 0 Å². The molecule has 0 spiro atoms. The summed E-state index contributed by atoms with van der Waals surface area (Å²) in [5.41, 5.74) is 1.74. The molecule has 1 aromatic rings. The van der Waals surface area contributed by atoms with E-state index in [1.807, 2.05) is 24.3 Å². The van der Waals surface area contributed by atoms with Crippen LogP contribution in [-0.2, 0) is 20.8 Å². The second-order valence-corrected chi connectivity index (χ2v) is 6.25. The summed E-state index contributed by atoms with van der Waals surface area (Å²) in [6.45, 7) is 0.220. The van der Waals surface area contributed by atoms with Crippen molar-refractivity contribution in [3.05, 3.63) is 29.8 Å². The maximum absolute atomic E-state index is 11.9. The average molecular weight is 316 g/mol. The Morgan fingerprint density at radius 1 is 1.22 bits per heavy atom. The third kappa shape index (κ3) is 3.88. The fourth-order valence-corrected chi connectivity index (χ4v) is 2.75. The number of hydrogen-bond acceptors (Lipinski definition) is 3. The topological polar surface area (TPSA) is 86.7 Å². The Hall–Kier alpha value is -2.37. The Labute approximate surface area is 134 Å². The molecule has 6 nitrogen and oxygen atoms in total. The minimum atomic E-state index is -0.931. The second kappa shape index (κ2) is 6.40. The summed E-state index contributed by atoms with van der Waals surface area (Å²) in [6.07, 6.45) is 3.34. The molecule has 0 bridgehead atoms. The minimum absolute atomic E-state index is 0.0540. The summed E-state index contributed by atoms with van der Waals surface area (Å²) >= 11 is 0. The predicted octanol–water partition coefficient (Wildman–Crippen LogP) is 1.34. The summed E-state index contributed by atoms with van der Waals surface area (Å²) in [5, 5.41) is 12.0. The number of hydrogen-bond donors (Lipinski definition) is 2. The van der Waals surface area contributed by atoms with E-state index in [1.54, 1.807) is 0 Å². The van der Waals surface area contributed by atoms with E-state index in [0.29, 0.717) is 24.6 Å². The van der Waals surface area contributed by atoms with Crippen molar-refractivity contribution in [2.24, 2.45) is 5.92 Å². The van der Waals surface area contributed by atoms with Gasteiger partial charge in [-0.3, -0.25) is 14.4 Å². The third-order valence-electron chi connectivity index (χ3n) is 4.31. The van der Waals surface area contributed by atoms with Gasteiger partial charge in [0.05, 0.1) is 5.92 Å². The van der Waals surface area contributed by atoms with Crippen LogP contribution in [0.2, 0.25) is 0 Å². The van der Waals surface area contributed by atoms with Crippen LogP contribution in [0.15, 0.2) is 24.3 Å². The number of rotatable bonds is 6. The van der Waals surface area contributed by atoms with Gasteiger partial charge in [-0.25, -0.2) is 0 Å². The van der Waals surface area contributed by atoms with Gasteiger partial charge >= 0.3 is 5.97 Å². The smallest absolute Gasteiger partial charge is 0.308 e. The first-order valence-corrected chi connectivity index (χ1v) is 7.94. The zero-order valence-electron chi connectivity index (χ0n) is 12.8. The number of amides is 2. The largest absolute Gasteiger partial charge is 0.481 e. The van der Waals surface area contributed by atoms with Gasteiger partial charge in [-0.15, -0.1) is 0 Å². The monoisotopic (exact) mass is 316 g/mol. The van der Waals surface area contributed by atoms with Crippen LogP contribution in [0.3, 0.4) is 0 Å². The van der Waals surface area contributed by atoms with E-state index in [9.17, 15) is 14.4 Å². The number of anilines is 1. The molecule has 6 heteroatoms. The number of aliphatic carboxylic acids is 1. The van der Waals surface area contributed by atoms with Gasteiger partial charge in [0, 0.05) is 31.1 Å². The van der Waals surface area contributed by atoms with E-state index in [-0.39, 0.29) is 24.8 Å². The molecule has 23 heavy (non-hydrogen) atoms. The molecule has 1 aliphatic carbocycles. The molecular weight excluding hydrogens is 296 g/mol. The van der Waals surface area contributed by atoms with Crippen molar-refractivity contribution in [2.75, 3.05) is 11.4 Å². The van der Waals surface area contributed by atoms with Crippen molar-refractivity contribution in [1.29, 1.82) is 0 Å². The van der Waals surface area contributed by atoms with Crippen LogP contribution in [0.1, 0.15) is 31.2 Å². The molecule has 1 saturated heterocycles. The van der Waals surface area contributed by atoms with Crippen LogP contribution in [-0.4, -0.2) is 35.5 Å².